The number of nitrogens with one attached hydrogen (secondary N) is 3. The molecular weight excluding hydrogens is 384 g/mol. The Labute approximate surface area is 174 Å². The summed E-state index contributed by atoms with van der Waals surface area (Å²) in [5, 5.41) is 14.1. The topological polar surface area (TPSA) is 95.6 Å². The third kappa shape index (κ3) is 4.76. The van der Waals surface area contributed by atoms with Gasteiger partial charge in [-0.05, 0) is 69.1 Å². The Morgan fingerprint density at radius 1 is 1.21 bits per heavy atom. The van der Waals surface area contributed by atoms with Crippen molar-refractivity contribution in [1.82, 2.24) is 20.2 Å². The minimum absolute atomic E-state index is 0.115. The van der Waals surface area contributed by atoms with Gasteiger partial charge in [0.05, 0.1) is 0 Å². The van der Waals surface area contributed by atoms with E-state index in [0.29, 0.717) is 5.16 Å². The van der Waals surface area contributed by atoms with Crippen LogP contribution >= 0.6 is 11.8 Å². The lowest BCUT2D eigenvalue weighted by molar-refractivity contribution is -0.117. The van der Waals surface area contributed by atoms with Crippen molar-refractivity contribution in [3.05, 3.63) is 47.3 Å². The van der Waals surface area contributed by atoms with E-state index in [-0.39, 0.29) is 11.8 Å². The number of aromatic amines is 1. The Bertz CT molecular complexity index is 1030. The number of nitrogens with zero attached hydrogens (tertiary/aromatic N) is 3. The van der Waals surface area contributed by atoms with E-state index in [1.807, 2.05) is 44.2 Å². The van der Waals surface area contributed by atoms with Crippen LogP contribution in [-0.4, -0.2) is 26.1 Å². The van der Waals surface area contributed by atoms with Crippen molar-refractivity contribution in [1.29, 1.82) is 0 Å². The highest BCUT2D eigenvalue weighted by molar-refractivity contribution is 7.99. The SMILES string of the molecule is CCc1c(C)nc(Sc2ccc(NC(=O)C3CC3)cc2)nc1Nc1cc(C)[nH]n1. The predicted molar refractivity (Wildman–Crippen MR) is 115 cm³/mol. The maximum absolute atomic E-state index is 11.9. The largest absolute Gasteiger partial charge is 0.326 e. The second-order valence-electron chi connectivity index (χ2n) is 7.22. The van der Waals surface area contributed by atoms with Crippen LogP contribution in [0.2, 0.25) is 0 Å². The van der Waals surface area contributed by atoms with Crippen molar-refractivity contribution >= 4 is 35.0 Å². The lowest BCUT2D eigenvalue weighted by atomic mass is 10.2. The second kappa shape index (κ2) is 8.24. The predicted octanol–water partition coefficient (Wildman–Crippen LogP) is 4.62. The van der Waals surface area contributed by atoms with Gasteiger partial charge in [0, 0.05) is 39.5 Å². The van der Waals surface area contributed by atoms with Crippen LogP contribution in [0.5, 0.6) is 0 Å². The number of anilines is 3. The van der Waals surface area contributed by atoms with Crippen molar-refractivity contribution in [2.75, 3.05) is 10.6 Å². The molecule has 3 aromatic rings. The van der Waals surface area contributed by atoms with Crippen molar-refractivity contribution < 1.29 is 4.79 Å². The fourth-order valence-electron chi connectivity index (χ4n) is 3.05. The smallest absolute Gasteiger partial charge is 0.227 e. The lowest BCUT2D eigenvalue weighted by Gasteiger charge is -2.12. The summed E-state index contributed by atoms with van der Waals surface area (Å²) in [5.74, 6) is 1.83. The average Bonchev–Trinajstić information content (AvgIpc) is 3.46. The van der Waals surface area contributed by atoms with Gasteiger partial charge < -0.3 is 10.6 Å². The highest BCUT2D eigenvalue weighted by Gasteiger charge is 2.29. The molecule has 1 amide bonds. The van der Waals surface area contributed by atoms with Crippen molar-refractivity contribution in [3.63, 3.8) is 0 Å². The van der Waals surface area contributed by atoms with Gasteiger partial charge in [0.25, 0.3) is 0 Å². The minimum Gasteiger partial charge on any atom is -0.326 e. The van der Waals surface area contributed by atoms with Crippen LogP contribution in [0.4, 0.5) is 17.3 Å². The quantitative estimate of drug-likeness (QED) is 0.494. The molecule has 2 aromatic heterocycles. The molecule has 4 rings (SSSR count). The Balaban J connectivity index is 1.51. The van der Waals surface area contributed by atoms with Crippen LogP contribution < -0.4 is 10.6 Å². The van der Waals surface area contributed by atoms with Crippen molar-refractivity contribution in [3.8, 4) is 0 Å². The van der Waals surface area contributed by atoms with Crippen LogP contribution in [0.15, 0.2) is 40.4 Å². The first-order valence-electron chi connectivity index (χ1n) is 9.77. The maximum Gasteiger partial charge on any atom is 0.227 e. The standard InChI is InChI=1S/C21H24N6OS/c1-4-17-13(3)22-21(25-19(17)24-18-11-12(2)26-27-18)29-16-9-7-15(8-10-16)23-20(28)14-5-6-14/h7-11,14H,4-6H2,1-3H3,(H,23,28)(H2,22,24,25,26,27). The third-order valence-corrected chi connectivity index (χ3v) is 5.65. The van der Waals surface area contributed by atoms with E-state index in [1.165, 1.54) is 11.8 Å². The molecule has 0 saturated heterocycles. The zero-order valence-electron chi connectivity index (χ0n) is 16.7. The average molecular weight is 409 g/mol. The first-order valence-corrected chi connectivity index (χ1v) is 10.6. The van der Waals surface area contributed by atoms with Gasteiger partial charge in [-0.15, -0.1) is 0 Å². The molecule has 1 aliphatic carbocycles. The molecule has 1 saturated carbocycles. The van der Waals surface area contributed by atoms with E-state index in [2.05, 4.69) is 32.7 Å². The van der Waals surface area contributed by atoms with E-state index in [0.717, 1.165) is 58.4 Å². The molecule has 1 aliphatic rings. The molecule has 29 heavy (non-hydrogen) atoms. The number of carbonyl (C=O) groups excluding carboxylic acids is 1. The second-order valence-corrected chi connectivity index (χ2v) is 8.26. The lowest BCUT2D eigenvalue weighted by Crippen LogP contribution is -2.12. The highest BCUT2D eigenvalue weighted by Crippen LogP contribution is 2.32. The van der Waals surface area contributed by atoms with Gasteiger partial charge in [-0.25, -0.2) is 9.97 Å². The van der Waals surface area contributed by atoms with Gasteiger partial charge >= 0.3 is 0 Å². The molecular formula is C21H24N6OS. The summed E-state index contributed by atoms with van der Waals surface area (Å²) < 4.78 is 0. The summed E-state index contributed by atoms with van der Waals surface area (Å²) in [6.07, 6.45) is 2.83. The molecule has 7 nitrogen and oxygen atoms in total. The number of hydrogen-bond acceptors (Lipinski definition) is 6. The number of aromatic nitrogens is 4. The Morgan fingerprint density at radius 3 is 2.59 bits per heavy atom. The number of amides is 1. The molecule has 0 unspecified atom stereocenters. The van der Waals surface area contributed by atoms with Crippen LogP contribution in [-0.2, 0) is 11.2 Å². The Morgan fingerprint density at radius 2 is 1.97 bits per heavy atom. The monoisotopic (exact) mass is 408 g/mol. The Hall–Kier alpha value is -2.87. The molecule has 1 fully saturated rings. The van der Waals surface area contributed by atoms with Gasteiger partial charge in [-0.1, -0.05) is 6.92 Å². The summed E-state index contributed by atoms with van der Waals surface area (Å²) in [4.78, 5) is 22.3. The fourth-order valence-corrected chi connectivity index (χ4v) is 3.85. The van der Waals surface area contributed by atoms with E-state index >= 15 is 0 Å². The van der Waals surface area contributed by atoms with E-state index < -0.39 is 0 Å². The molecule has 0 atom stereocenters. The minimum atomic E-state index is 0.115. The number of H-pyrrole nitrogens is 1. The van der Waals surface area contributed by atoms with E-state index in [1.54, 1.807) is 0 Å². The zero-order valence-corrected chi connectivity index (χ0v) is 17.6. The normalized spacial score (nSPS) is 13.3. The maximum atomic E-state index is 11.9. The number of carbonyl (C=O) groups is 1. The third-order valence-electron chi connectivity index (χ3n) is 4.78. The molecule has 0 bridgehead atoms. The molecule has 150 valence electrons. The summed E-state index contributed by atoms with van der Waals surface area (Å²) in [5.41, 5.74) is 3.84. The number of benzene rings is 1. The van der Waals surface area contributed by atoms with Gasteiger partial charge in [0.2, 0.25) is 5.91 Å². The van der Waals surface area contributed by atoms with Crippen LogP contribution in [0.25, 0.3) is 0 Å². The number of hydrogen-bond donors (Lipinski definition) is 3. The summed E-state index contributed by atoms with van der Waals surface area (Å²) in [6, 6.07) is 9.73. The number of aryl methyl sites for hydroxylation is 2. The van der Waals surface area contributed by atoms with Crippen LogP contribution in [0.1, 0.15) is 36.7 Å². The molecule has 3 N–H and O–H groups in total. The Kier molecular flexibility index (Phi) is 5.53. The van der Waals surface area contributed by atoms with E-state index in [4.69, 9.17) is 4.98 Å². The molecule has 2 heterocycles. The summed E-state index contributed by atoms with van der Waals surface area (Å²) >= 11 is 1.49. The van der Waals surface area contributed by atoms with Crippen LogP contribution in [0, 0.1) is 19.8 Å². The first kappa shape index (κ1) is 19.4. The van der Waals surface area contributed by atoms with E-state index in [9.17, 15) is 4.79 Å². The van der Waals surface area contributed by atoms with Gasteiger partial charge in [-0.3, -0.25) is 9.89 Å². The highest BCUT2D eigenvalue weighted by atomic mass is 32.2. The van der Waals surface area contributed by atoms with Crippen molar-refractivity contribution in [2.24, 2.45) is 5.92 Å². The molecule has 1 aromatic carbocycles. The van der Waals surface area contributed by atoms with Crippen LogP contribution in [0.3, 0.4) is 0 Å². The molecule has 0 spiro atoms. The first-order chi connectivity index (χ1) is 14.0. The van der Waals surface area contributed by atoms with Crippen molar-refractivity contribution in [2.45, 2.75) is 50.1 Å². The number of rotatable bonds is 7. The molecule has 8 heteroatoms. The zero-order chi connectivity index (χ0) is 20.4. The molecule has 0 radical (unpaired) electrons. The summed E-state index contributed by atoms with van der Waals surface area (Å²) in [7, 11) is 0. The fraction of sp³-hybridized carbons (Fsp3) is 0.333. The molecule has 0 aliphatic heterocycles. The summed E-state index contributed by atoms with van der Waals surface area (Å²) in [6.45, 7) is 6.05. The van der Waals surface area contributed by atoms with Gasteiger partial charge in [-0.2, -0.15) is 5.10 Å². The van der Waals surface area contributed by atoms with Gasteiger partial charge in [0.15, 0.2) is 11.0 Å². The van der Waals surface area contributed by atoms with Gasteiger partial charge in [0.1, 0.15) is 5.82 Å².